The van der Waals surface area contributed by atoms with Crippen molar-refractivity contribution in [2.45, 2.75) is 76.7 Å². The zero-order valence-electron chi connectivity index (χ0n) is 24.5. The van der Waals surface area contributed by atoms with Crippen molar-refractivity contribution < 1.29 is 36.2 Å². The molecule has 43 heavy (non-hydrogen) atoms. The fourth-order valence-electron chi connectivity index (χ4n) is 6.14. The number of aliphatic carboxylic acids is 1. The molecule has 3 aromatic rings. The van der Waals surface area contributed by atoms with Crippen molar-refractivity contribution in [3.8, 4) is 11.1 Å². The molecule has 0 saturated carbocycles. The number of carboxylic acids is 1. The number of rotatable bonds is 9. The van der Waals surface area contributed by atoms with Gasteiger partial charge in [-0.1, -0.05) is 63.2 Å². The summed E-state index contributed by atoms with van der Waals surface area (Å²) < 4.78 is 79.1. The Morgan fingerprint density at radius 3 is 1.95 bits per heavy atom. The highest BCUT2D eigenvalue weighted by atomic mass is 19.4. The average molecular weight is 606 g/mol. The van der Waals surface area contributed by atoms with Crippen LogP contribution in [0.1, 0.15) is 92.1 Å². The number of alkyl halides is 6. The second kappa shape index (κ2) is 13.1. The van der Waals surface area contributed by atoms with Gasteiger partial charge in [0.25, 0.3) is 0 Å². The van der Waals surface area contributed by atoms with Gasteiger partial charge in [-0.3, -0.25) is 9.69 Å². The van der Waals surface area contributed by atoms with Gasteiger partial charge in [0.15, 0.2) is 0 Å². The van der Waals surface area contributed by atoms with Crippen LogP contribution in [0.25, 0.3) is 11.1 Å². The number of carbonyl (C=O) groups is 1. The van der Waals surface area contributed by atoms with Gasteiger partial charge in [-0.2, -0.15) is 26.3 Å². The van der Waals surface area contributed by atoms with Crippen molar-refractivity contribution in [2.75, 3.05) is 13.1 Å². The van der Waals surface area contributed by atoms with Crippen molar-refractivity contribution >= 4 is 5.97 Å². The molecule has 0 bridgehead atoms. The predicted molar refractivity (Wildman–Crippen MR) is 155 cm³/mol. The van der Waals surface area contributed by atoms with E-state index in [2.05, 4.69) is 4.90 Å². The fraction of sp³-hybridized carbons (Fsp3) is 0.441. The Morgan fingerprint density at radius 2 is 1.44 bits per heavy atom. The molecule has 0 aromatic heterocycles. The summed E-state index contributed by atoms with van der Waals surface area (Å²) >= 11 is 0. The van der Waals surface area contributed by atoms with Gasteiger partial charge < -0.3 is 5.11 Å². The number of hydrogen-bond acceptors (Lipinski definition) is 2. The van der Waals surface area contributed by atoms with E-state index in [-0.39, 0.29) is 17.9 Å². The lowest BCUT2D eigenvalue weighted by Gasteiger charge is -2.39. The largest absolute Gasteiger partial charge is 0.481 e. The van der Waals surface area contributed by atoms with Crippen LogP contribution >= 0.6 is 0 Å². The van der Waals surface area contributed by atoms with Crippen LogP contribution in [-0.4, -0.2) is 29.1 Å². The van der Waals surface area contributed by atoms with Gasteiger partial charge in [0.05, 0.1) is 17.0 Å². The molecular weight excluding hydrogens is 568 g/mol. The van der Waals surface area contributed by atoms with Gasteiger partial charge in [0.1, 0.15) is 0 Å². The number of hydrogen-bond donors (Lipinski definition) is 1. The van der Waals surface area contributed by atoms with E-state index in [9.17, 15) is 36.2 Å². The zero-order chi connectivity index (χ0) is 31.5. The van der Waals surface area contributed by atoms with Crippen LogP contribution in [0.4, 0.5) is 26.3 Å². The molecule has 1 aliphatic rings. The SMILES string of the molecule is CCC(c1ccc(C(F)(F)F)cc1)N1CCCC(c2cc(-c3ccc(C(F)(F)F)cc3)cc([C@H](CC(C)C)C(=O)O)c2)C1. The summed E-state index contributed by atoms with van der Waals surface area (Å²) in [5.74, 6) is -1.61. The number of benzene rings is 3. The van der Waals surface area contributed by atoms with E-state index >= 15 is 0 Å². The minimum atomic E-state index is -4.47. The summed E-state index contributed by atoms with van der Waals surface area (Å²) in [7, 11) is 0. The second-order valence-electron chi connectivity index (χ2n) is 11.9. The lowest BCUT2D eigenvalue weighted by atomic mass is 9.82. The first-order valence-corrected chi connectivity index (χ1v) is 14.6. The predicted octanol–water partition coefficient (Wildman–Crippen LogP) is 9.94. The van der Waals surface area contributed by atoms with E-state index in [0.29, 0.717) is 36.1 Å². The zero-order valence-corrected chi connectivity index (χ0v) is 24.5. The van der Waals surface area contributed by atoms with Gasteiger partial charge >= 0.3 is 18.3 Å². The maximum Gasteiger partial charge on any atom is 0.416 e. The first-order valence-electron chi connectivity index (χ1n) is 14.6. The normalized spacial score (nSPS) is 18.0. The molecule has 1 aliphatic heterocycles. The molecule has 1 saturated heterocycles. The number of likely N-dealkylation sites (tertiary alicyclic amines) is 1. The molecule has 1 N–H and O–H groups in total. The first kappa shape index (κ1) is 32.6. The Hall–Kier alpha value is -3.33. The summed E-state index contributed by atoms with van der Waals surface area (Å²) in [4.78, 5) is 14.6. The molecule has 2 unspecified atom stereocenters. The maximum absolute atomic E-state index is 13.2. The summed E-state index contributed by atoms with van der Waals surface area (Å²) in [6.07, 6.45) is -6.09. The van der Waals surface area contributed by atoms with Gasteiger partial charge in [-0.05, 0) is 96.1 Å². The Bertz CT molecular complexity index is 1380. The Kier molecular flexibility index (Phi) is 9.94. The van der Waals surface area contributed by atoms with Crippen LogP contribution in [0.5, 0.6) is 0 Å². The summed E-state index contributed by atoms with van der Waals surface area (Å²) in [5.41, 5.74) is 2.10. The molecule has 9 heteroatoms. The molecular formula is C34H37F6NO2. The third-order valence-electron chi connectivity index (χ3n) is 8.31. The Labute approximate surface area is 248 Å². The van der Waals surface area contributed by atoms with Crippen LogP contribution in [0.15, 0.2) is 66.7 Å². The molecule has 3 aromatic carbocycles. The molecule has 1 fully saturated rings. The highest BCUT2D eigenvalue weighted by molar-refractivity contribution is 5.78. The van der Waals surface area contributed by atoms with Gasteiger partial charge in [0, 0.05) is 12.6 Å². The molecule has 232 valence electrons. The van der Waals surface area contributed by atoms with Crippen molar-refractivity contribution in [3.63, 3.8) is 0 Å². The number of halogens is 6. The number of nitrogens with zero attached hydrogens (tertiary/aromatic N) is 1. The van der Waals surface area contributed by atoms with Crippen molar-refractivity contribution in [2.24, 2.45) is 5.92 Å². The van der Waals surface area contributed by atoms with E-state index in [4.69, 9.17) is 0 Å². The fourth-order valence-corrected chi connectivity index (χ4v) is 6.14. The highest BCUT2D eigenvalue weighted by Crippen LogP contribution is 2.39. The van der Waals surface area contributed by atoms with Crippen LogP contribution in [0, 0.1) is 5.92 Å². The number of piperidine rings is 1. The minimum Gasteiger partial charge on any atom is -0.481 e. The van der Waals surface area contributed by atoms with E-state index < -0.39 is 35.4 Å². The molecule has 0 aliphatic carbocycles. The molecule has 0 amide bonds. The van der Waals surface area contributed by atoms with Crippen LogP contribution < -0.4 is 0 Å². The van der Waals surface area contributed by atoms with E-state index in [0.717, 1.165) is 54.8 Å². The topological polar surface area (TPSA) is 40.5 Å². The molecule has 3 nitrogen and oxygen atoms in total. The van der Waals surface area contributed by atoms with Crippen molar-refractivity contribution in [1.29, 1.82) is 0 Å². The summed E-state index contributed by atoms with van der Waals surface area (Å²) in [6.45, 7) is 7.28. The molecule has 1 heterocycles. The standard InChI is InChI=1S/C34H37F6NO2/c1-4-31(23-9-13-29(14-10-23)34(38,39)40)41-15-5-6-24(20-41)26-17-25(22-7-11-28(12-8-22)33(35,36)37)18-27(19-26)30(32(42)43)16-21(2)3/h7-14,17-19,21,24,30-31H,4-6,15-16,20H2,1-3H3,(H,42,43)/t24?,30-,31?/m0/s1. The summed E-state index contributed by atoms with van der Waals surface area (Å²) in [6, 6.07) is 15.7. The third-order valence-corrected chi connectivity index (χ3v) is 8.31. The lowest BCUT2D eigenvalue weighted by Crippen LogP contribution is -2.37. The third kappa shape index (κ3) is 7.99. The second-order valence-corrected chi connectivity index (χ2v) is 11.9. The minimum absolute atomic E-state index is 0.0129. The van der Waals surface area contributed by atoms with E-state index in [1.54, 1.807) is 6.07 Å². The molecule has 4 rings (SSSR count). The van der Waals surface area contributed by atoms with Gasteiger partial charge in [-0.15, -0.1) is 0 Å². The monoisotopic (exact) mass is 605 g/mol. The van der Waals surface area contributed by atoms with Crippen LogP contribution in [0.3, 0.4) is 0 Å². The van der Waals surface area contributed by atoms with Gasteiger partial charge in [0.2, 0.25) is 0 Å². The Morgan fingerprint density at radius 1 is 0.860 bits per heavy atom. The first-order chi connectivity index (χ1) is 20.2. The van der Waals surface area contributed by atoms with Crippen molar-refractivity contribution in [3.05, 3.63) is 94.5 Å². The molecule has 0 radical (unpaired) electrons. The Balaban J connectivity index is 1.70. The smallest absolute Gasteiger partial charge is 0.416 e. The van der Waals surface area contributed by atoms with Gasteiger partial charge in [-0.25, -0.2) is 0 Å². The lowest BCUT2D eigenvalue weighted by molar-refractivity contribution is -0.139. The average Bonchev–Trinajstić information content (AvgIpc) is 2.95. The van der Waals surface area contributed by atoms with Crippen molar-refractivity contribution in [1.82, 2.24) is 4.90 Å². The summed E-state index contributed by atoms with van der Waals surface area (Å²) in [5, 5.41) is 10.1. The van der Waals surface area contributed by atoms with Crippen LogP contribution in [-0.2, 0) is 17.1 Å². The van der Waals surface area contributed by atoms with E-state index in [1.165, 1.54) is 24.3 Å². The van der Waals surface area contributed by atoms with E-state index in [1.807, 2.05) is 32.9 Å². The molecule has 3 atom stereocenters. The molecule has 0 spiro atoms. The highest BCUT2D eigenvalue weighted by Gasteiger charge is 2.33. The van der Waals surface area contributed by atoms with Crippen LogP contribution in [0.2, 0.25) is 0 Å². The quantitative estimate of drug-likeness (QED) is 0.247. The number of carboxylic acid groups (broad SMARTS) is 1. The maximum atomic E-state index is 13.2.